The van der Waals surface area contributed by atoms with Crippen molar-refractivity contribution in [2.45, 2.75) is 0 Å². The van der Waals surface area contributed by atoms with E-state index in [1.54, 1.807) is 17.5 Å². The van der Waals surface area contributed by atoms with Crippen LogP contribution >= 0.6 is 11.3 Å². The van der Waals surface area contributed by atoms with Crippen LogP contribution in [-0.2, 0) is 0 Å². The maximum absolute atomic E-state index is 5.20. The van der Waals surface area contributed by atoms with Crippen molar-refractivity contribution < 1.29 is 0 Å². The smallest absolute Gasteiger partial charge is 0.237 e. The molecular weight excluding hydrogens is 184 g/mol. The third-order valence-electron chi connectivity index (χ3n) is 1.56. The summed E-state index contributed by atoms with van der Waals surface area (Å²) in [6, 6.07) is 5.84. The van der Waals surface area contributed by atoms with Gasteiger partial charge in [-0.2, -0.15) is 0 Å². The van der Waals surface area contributed by atoms with E-state index in [4.69, 9.17) is 5.84 Å². The van der Waals surface area contributed by atoms with Crippen LogP contribution in [0.25, 0.3) is 10.6 Å². The van der Waals surface area contributed by atoms with E-state index in [0.717, 1.165) is 10.6 Å². The first-order valence-electron chi connectivity index (χ1n) is 3.73. The Kier molecular flexibility index (Phi) is 2.20. The van der Waals surface area contributed by atoms with E-state index in [-0.39, 0.29) is 0 Å². The van der Waals surface area contributed by atoms with Crippen molar-refractivity contribution in [1.82, 2.24) is 9.97 Å². The maximum atomic E-state index is 5.20. The first-order valence-corrected chi connectivity index (χ1v) is 4.61. The van der Waals surface area contributed by atoms with Gasteiger partial charge in [0, 0.05) is 6.20 Å². The molecule has 2 rings (SSSR count). The number of rotatable bonds is 2. The van der Waals surface area contributed by atoms with Crippen LogP contribution in [0.5, 0.6) is 0 Å². The van der Waals surface area contributed by atoms with Gasteiger partial charge in [0.15, 0.2) is 0 Å². The lowest BCUT2D eigenvalue weighted by atomic mass is 10.3. The number of anilines is 1. The summed E-state index contributed by atoms with van der Waals surface area (Å²) in [6.07, 6.45) is 1.68. The number of nitrogens with zero attached hydrogens (tertiary/aromatic N) is 2. The first kappa shape index (κ1) is 8.15. The first-order chi connectivity index (χ1) is 6.40. The molecule has 2 heterocycles. The molecule has 2 aromatic heterocycles. The molecule has 13 heavy (non-hydrogen) atoms. The molecular formula is C8H8N4S. The molecule has 0 aliphatic rings. The average Bonchev–Trinajstić information content (AvgIpc) is 2.71. The predicted molar refractivity (Wildman–Crippen MR) is 53.2 cm³/mol. The number of hydrogen-bond donors (Lipinski definition) is 2. The molecule has 3 N–H and O–H groups in total. The van der Waals surface area contributed by atoms with Gasteiger partial charge in [-0.15, -0.1) is 11.3 Å². The van der Waals surface area contributed by atoms with Crippen molar-refractivity contribution in [3.63, 3.8) is 0 Å². The Labute approximate surface area is 79.4 Å². The van der Waals surface area contributed by atoms with Crippen LogP contribution in [0.4, 0.5) is 5.95 Å². The second-order valence-corrected chi connectivity index (χ2v) is 3.33. The van der Waals surface area contributed by atoms with Crippen molar-refractivity contribution in [3.05, 3.63) is 29.8 Å². The SMILES string of the molecule is NNc1nccc(-c2cccs2)n1. The number of nitrogens with two attached hydrogens (primary N) is 1. The molecule has 0 unspecified atom stereocenters. The summed E-state index contributed by atoms with van der Waals surface area (Å²) in [5.74, 6) is 5.64. The molecule has 0 saturated heterocycles. The summed E-state index contributed by atoms with van der Waals surface area (Å²) in [5.41, 5.74) is 3.30. The number of thiophene rings is 1. The van der Waals surface area contributed by atoms with Crippen LogP contribution in [0.2, 0.25) is 0 Å². The number of hydrogen-bond acceptors (Lipinski definition) is 5. The van der Waals surface area contributed by atoms with Gasteiger partial charge in [0.1, 0.15) is 0 Å². The molecule has 0 spiro atoms. The predicted octanol–water partition coefficient (Wildman–Crippen LogP) is 1.49. The fraction of sp³-hybridized carbons (Fsp3) is 0. The molecule has 0 bridgehead atoms. The van der Waals surface area contributed by atoms with E-state index in [1.807, 2.05) is 23.6 Å². The molecule has 0 saturated carbocycles. The van der Waals surface area contributed by atoms with Crippen molar-refractivity contribution >= 4 is 17.3 Å². The standard InChI is InChI=1S/C8H8N4S/c9-12-8-10-4-3-6(11-8)7-2-1-5-13-7/h1-5H,9H2,(H,10,11,12). The maximum Gasteiger partial charge on any atom is 0.237 e. The number of nitrogens with one attached hydrogen (secondary N) is 1. The highest BCUT2D eigenvalue weighted by Crippen LogP contribution is 2.22. The lowest BCUT2D eigenvalue weighted by Gasteiger charge is -1.99. The summed E-state index contributed by atoms with van der Waals surface area (Å²) in [7, 11) is 0. The van der Waals surface area contributed by atoms with Gasteiger partial charge in [-0.25, -0.2) is 15.8 Å². The van der Waals surface area contributed by atoms with Gasteiger partial charge in [-0.3, -0.25) is 5.43 Å². The Morgan fingerprint density at radius 1 is 1.38 bits per heavy atom. The average molecular weight is 192 g/mol. The Hall–Kier alpha value is -1.46. The second-order valence-electron chi connectivity index (χ2n) is 2.39. The quantitative estimate of drug-likeness (QED) is 0.559. The summed E-state index contributed by atoms with van der Waals surface area (Å²) >= 11 is 1.64. The van der Waals surface area contributed by atoms with Crippen LogP contribution in [0, 0.1) is 0 Å². The normalized spacial score (nSPS) is 9.92. The van der Waals surface area contributed by atoms with Crippen LogP contribution in [0.15, 0.2) is 29.8 Å². The zero-order valence-corrected chi connectivity index (χ0v) is 7.58. The largest absolute Gasteiger partial charge is 0.292 e. The van der Waals surface area contributed by atoms with E-state index >= 15 is 0 Å². The summed E-state index contributed by atoms with van der Waals surface area (Å²) in [4.78, 5) is 9.23. The minimum absolute atomic E-state index is 0.436. The number of aromatic nitrogens is 2. The molecule has 0 aromatic carbocycles. The van der Waals surface area contributed by atoms with E-state index in [1.165, 1.54) is 0 Å². The molecule has 5 heteroatoms. The van der Waals surface area contributed by atoms with Gasteiger partial charge in [-0.05, 0) is 17.5 Å². The van der Waals surface area contributed by atoms with E-state index < -0.39 is 0 Å². The van der Waals surface area contributed by atoms with Crippen molar-refractivity contribution in [3.8, 4) is 10.6 Å². The monoisotopic (exact) mass is 192 g/mol. The second kappa shape index (κ2) is 3.51. The third kappa shape index (κ3) is 1.66. The Morgan fingerprint density at radius 2 is 2.31 bits per heavy atom. The Bertz CT molecular complexity index is 385. The summed E-state index contributed by atoms with van der Waals surface area (Å²) in [5, 5.41) is 2.01. The zero-order valence-electron chi connectivity index (χ0n) is 6.77. The highest BCUT2D eigenvalue weighted by molar-refractivity contribution is 7.13. The van der Waals surface area contributed by atoms with Gasteiger partial charge in [0.2, 0.25) is 5.95 Å². The minimum atomic E-state index is 0.436. The van der Waals surface area contributed by atoms with E-state index in [9.17, 15) is 0 Å². The summed E-state index contributed by atoms with van der Waals surface area (Å²) < 4.78 is 0. The van der Waals surface area contributed by atoms with Crippen molar-refractivity contribution in [2.75, 3.05) is 5.43 Å². The van der Waals surface area contributed by atoms with Gasteiger partial charge in [0.25, 0.3) is 0 Å². The van der Waals surface area contributed by atoms with Crippen LogP contribution in [0.1, 0.15) is 0 Å². The highest BCUT2D eigenvalue weighted by Gasteiger charge is 2.00. The van der Waals surface area contributed by atoms with E-state index in [0.29, 0.717) is 5.95 Å². The van der Waals surface area contributed by atoms with Crippen LogP contribution in [-0.4, -0.2) is 9.97 Å². The molecule has 0 atom stereocenters. The fourth-order valence-corrected chi connectivity index (χ4v) is 1.69. The highest BCUT2D eigenvalue weighted by atomic mass is 32.1. The molecule has 0 amide bonds. The summed E-state index contributed by atoms with van der Waals surface area (Å²) in [6.45, 7) is 0. The topological polar surface area (TPSA) is 63.8 Å². The van der Waals surface area contributed by atoms with Crippen LogP contribution in [0.3, 0.4) is 0 Å². The third-order valence-corrected chi connectivity index (χ3v) is 2.45. The van der Waals surface area contributed by atoms with E-state index in [2.05, 4.69) is 15.4 Å². The van der Waals surface area contributed by atoms with Gasteiger partial charge in [0.05, 0.1) is 10.6 Å². The molecule has 0 aliphatic heterocycles. The van der Waals surface area contributed by atoms with Gasteiger partial charge < -0.3 is 0 Å². The molecule has 4 nitrogen and oxygen atoms in total. The lowest BCUT2D eigenvalue weighted by molar-refractivity contribution is 1.12. The van der Waals surface area contributed by atoms with Gasteiger partial charge in [-0.1, -0.05) is 6.07 Å². The lowest BCUT2D eigenvalue weighted by Crippen LogP contribution is -2.10. The number of nitrogen functional groups attached to an aromatic ring is 1. The Balaban J connectivity index is 2.41. The van der Waals surface area contributed by atoms with Crippen LogP contribution < -0.4 is 11.3 Å². The minimum Gasteiger partial charge on any atom is -0.292 e. The molecule has 0 fully saturated rings. The van der Waals surface area contributed by atoms with Crippen molar-refractivity contribution in [2.24, 2.45) is 5.84 Å². The molecule has 2 aromatic rings. The Morgan fingerprint density at radius 3 is 3.00 bits per heavy atom. The van der Waals surface area contributed by atoms with Crippen molar-refractivity contribution in [1.29, 1.82) is 0 Å². The molecule has 0 radical (unpaired) electrons. The number of hydrazine groups is 1. The molecule has 66 valence electrons. The fourth-order valence-electron chi connectivity index (χ4n) is 0.990. The van der Waals surface area contributed by atoms with Gasteiger partial charge >= 0.3 is 0 Å². The zero-order chi connectivity index (χ0) is 9.10. The molecule has 0 aliphatic carbocycles.